The van der Waals surface area contributed by atoms with Crippen LogP contribution in [-0.4, -0.2) is 30.6 Å². The highest BCUT2D eigenvalue weighted by Crippen LogP contribution is 2.22. The molecule has 0 fully saturated rings. The van der Waals surface area contributed by atoms with Gasteiger partial charge in [0.2, 0.25) is 0 Å². The molecule has 72 valence electrons. The molecule has 0 bridgehead atoms. The summed E-state index contributed by atoms with van der Waals surface area (Å²) in [7, 11) is 3.83. The quantitative estimate of drug-likeness (QED) is 0.805. The summed E-state index contributed by atoms with van der Waals surface area (Å²) in [5.41, 5.74) is 0.790. The van der Waals surface area contributed by atoms with Crippen molar-refractivity contribution in [1.29, 1.82) is 0 Å². The van der Waals surface area contributed by atoms with E-state index in [0.29, 0.717) is 11.6 Å². The van der Waals surface area contributed by atoms with Crippen LogP contribution in [0.4, 0.5) is 0 Å². The van der Waals surface area contributed by atoms with Crippen LogP contribution in [0.5, 0.6) is 0 Å². The minimum atomic E-state index is -0.510. The zero-order valence-corrected chi connectivity index (χ0v) is 8.62. The first-order valence-corrected chi connectivity index (χ1v) is 4.56. The topological polar surface area (TPSA) is 23.5 Å². The van der Waals surface area contributed by atoms with Crippen molar-refractivity contribution in [3.8, 4) is 0 Å². The maximum atomic E-state index is 9.75. The van der Waals surface area contributed by atoms with E-state index in [1.165, 1.54) is 0 Å². The molecule has 0 aliphatic heterocycles. The Bertz CT molecular complexity index is 275. The molecule has 0 saturated heterocycles. The third kappa shape index (κ3) is 2.99. The molecule has 0 amide bonds. The van der Waals surface area contributed by atoms with Gasteiger partial charge in [-0.2, -0.15) is 0 Å². The Kier molecular flexibility index (Phi) is 3.72. The van der Waals surface area contributed by atoms with Gasteiger partial charge in [0, 0.05) is 17.1 Å². The summed E-state index contributed by atoms with van der Waals surface area (Å²) in [5.74, 6) is 0. The van der Waals surface area contributed by atoms with E-state index in [1.54, 1.807) is 6.07 Å². The molecule has 0 aliphatic carbocycles. The van der Waals surface area contributed by atoms with Gasteiger partial charge in [-0.15, -0.1) is 0 Å². The van der Waals surface area contributed by atoms with Crippen LogP contribution in [0.25, 0.3) is 0 Å². The molecule has 2 nitrogen and oxygen atoms in total. The fraction of sp³-hybridized carbons (Fsp3) is 0.400. The van der Waals surface area contributed by atoms with Crippen LogP contribution in [0.3, 0.4) is 0 Å². The molecule has 13 heavy (non-hydrogen) atoms. The van der Waals surface area contributed by atoms with Gasteiger partial charge in [-0.05, 0) is 20.2 Å². The molecule has 0 aliphatic rings. The first-order valence-electron chi connectivity index (χ1n) is 4.18. The molecule has 3 heteroatoms. The minimum absolute atomic E-state index is 0.510. The predicted octanol–water partition coefficient (Wildman–Crippen LogP) is 1.93. The first kappa shape index (κ1) is 10.5. The number of likely N-dealkylation sites (N-methyl/N-ethyl adjacent to an activating group) is 1. The Labute approximate surface area is 83.7 Å². The Balaban J connectivity index is 2.76. The number of aliphatic hydroxyl groups is 1. The molecule has 0 aromatic heterocycles. The van der Waals surface area contributed by atoms with Crippen molar-refractivity contribution >= 4 is 11.6 Å². The van der Waals surface area contributed by atoms with E-state index < -0.39 is 6.10 Å². The van der Waals surface area contributed by atoms with E-state index in [2.05, 4.69) is 0 Å². The summed E-state index contributed by atoms with van der Waals surface area (Å²) >= 11 is 5.92. The number of aliphatic hydroxyl groups excluding tert-OH is 1. The van der Waals surface area contributed by atoms with E-state index in [1.807, 2.05) is 37.2 Å². The molecular weight excluding hydrogens is 186 g/mol. The van der Waals surface area contributed by atoms with Crippen molar-refractivity contribution in [3.05, 3.63) is 34.9 Å². The predicted molar refractivity (Wildman–Crippen MR) is 55.0 cm³/mol. The summed E-state index contributed by atoms with van der Waals surface area (Å²) in [4.78, 5) is 1.92. The number of benzene rings is 1. The zero-order chi connectivity index (χ0) is 9.84. The smallest absolute Gasteiger partial charge is 0.0931 e. The van der Waals surface area contributed by atoms with Gasteiger partial charge in [0.25, 0.3) is 0 Å². The second-order valence-corrected chi connectivity index (χ2v) is 3.71. The highest BCUT2D eigenvalue weighted by molar-refractivity contribution is 6.31. The lowest BCUT2D eigenvalue weighted by molar-refractivity contribution is 0.138. The lowest BCUT2D eigenvalue weighted by Crippen LogP contribution is -2.20. The number of nitrogens with zero attached hydrogens (tertiary/aromatic N) is 1. The van der Waals surface area contributed by atoms with E-state index in [4.69, 9.17) is 11.6 Å². The number of hydrogen-bond acceptors (Lipinski definition) is 2. The average molecular weight is 200 g/mol. The van der Waals surface area contributed by atoms with Gasteiger partial charge < -0.3 is 10.0 Å². The molecule has 1 atom stereocenters. The summed E-state index contributed by atoms with van der Waals surface area (Å²) in [6.07, 6.45) is -0.510. The van der Waals surface area contributed by atoms with Gasteiger partial charge in [0.15, 0.2) is 0 Å². The monoisotopic (exact) mass is 199 g/mol. The van der Waals surface area contributed by atoms with E-state index in [-0.39, 0.29) is 0 Å². The van der Waals surface area contributed by atoms with Crippen LogP contribution >= 0.6 is 11.6 Å². The standard InChI is InChI=1S/C10H14ClNO/c1-12(2)7-10(13)8-5-3-4-6-9(8)11/h3-6,10,13H,7H2,1-2H3/t10-/m1/s1. The van der Waals surface area contributed by atoms with Gasteiger partial charge in [-0.25, -0.2) is 0 Å². The highest BCUT2D eigenvalue weighted by atomic mass is 35.5. The van der Waals surface area contributed by atoms with Crippen molar-refractivity contribution in [2.24, 2.45) is 0 Å². The van der Waals surface area contributed by atoms with Gasteiger partial charge in [0.05, 0.1) is 6.10 Å². The Morgan fingerprint density at radius 3 is 2.54 bits per heavy atom. The summed E-state index contributed by atoms with van der Waals surface area (Å²) in [6, 6.07) is 7.36. The van der Waals surface area contributed by atoms with Gasteiger partial charge in [-0.1, -0.05) is 29.8 Å². The maximum Gasteiger partial charge on any atom is 0.0931 e. The van der Waals surface area contributed by atoms with Gasteiger partial charge >= 0.3 is 0 Å². The van der Waals surface area contributed by atoms with Crippen LogP contribution in [0.15, 0.2) is 24.3 Å². The average Bonchev–Trinajstić information content (AvgIpc) is 2.03. The fourth-order valence-corrected chi connectivity index (χ4v) is 1.45. The fourth-order valence-electron chi connectivity index (χ4n) is 1.19. The summed E-state index contributed by atoms with van der Waals surface area (Å²) < 4.78 is 0. The largest absolute Gasteiger partial charge is 0.387 e. The second-order valence-electron chi connectivity index (χ2n) is 3.30. The SMILES string of the molecule is CN(C)C[C@@H](O)c1ccccc1Cl. The molecule has 0 radical (unpaired) electrons. The van der Waals surface area contributed by atoms with Gasteiger partial charge in [-0.3, -0.25) is 0 Å². The molecule has 0 spiro atoms. The van der Waals surface area contributed by atoms with Crippen molar-refractivity contribution < 1.29 is 5.11 Å². The minimum Gasteiger partial charge on any atom is -0.387 e. The van der Waals surface area contributed by atoms with E-state index in [0.717, 1.165) is 5.56 Å². The zero-order valence-electron chi connectivity index (χ0n) is 7.87. The van der Waals surface area contributed by atoms with E-state index >= 15 is 0 Å². The summed E-state index contributed by atoms with van der Waals surface area (Å²) in [5, 5.41) is 10.4. The highest BCUT2D eigenvalue weighted by Gasteiger charge is 2.10. The Hall–Kier alpha value is -0.570. The van der Waals surface area contributed by atoms with Crippen LogP contribution < -0.4 is 0 Å². The first-order chi connectivity index (χ1) is 6.11. The maximum absolute atomic E-state index is 9.75. The molecule has 1 N–H and O–H groups in total. The molecule has 0 unspecified atom stereocenters. The normalized spacial score (nSPS) is 13.3. The van der Waals surface area contributed by atoms with Crippen molar-refractivity contribution in [2.45, 2.75) is 6.10 Å². The molecule has 1 aromatic rings. The number of halogens is 1. The molecule has 0 saturated carbocycles. The molecular formula is C10H14ClNO. The third-order valence-corrected chi connectivity index (χ3v) is 2.15. The molecule has 1 rings (SSSR count). The molecule has 0 heterocycles. The summed E-state index contributed by atoms with van der Waals surface area (Å²) in [6.45, 7) is 0.587. The number of hydrogen-bond donors (Lipinski definition) is 1. The lowest BCUT2D eigenvalue weighted by atomic mass is 10.1. The Morgan fingerprint density at radius 2 is 2.00 bits per heavy atom. The van der Waals surface area contributed by atoms with Crippen molar-refractivity contribution in [3.63, 3.8) is 0 Å². The van der Waals surface area contributed by atoms with Crippen molar-refractivity contribution in [1.82, 2.24) is 4.90 Å². The molecule has 1 aromatic carbocycles. The van der Waals surface area contributed by atoms with Crippen molar-refractivity contribution in [2.75, 3.05) is 20.6 Å². The number of rotatable bonds is 3. The van der Waals surface area contributed by atoms with Crippen LogP contribution in [-0.2, 0) is 0 Å². The van der Waals surface area contributed by atoms with Gasteiger partial charge in [0.1, 0.15) is 0 Å². The van der Waals surface area contributed by atoms with E-state index in [9.17, 15) is 5.11 Å². The third-order valence-electron chi connectivity index (χ3n) is 1.80. The van der Waals surface area contributed by atoms with Crippen LogP contribution in [0.1, 0.15) is 11.7 Å². The second kappa shape index (κ2) is 4.61. The van der Waals surface area contributed by atoms with Crippen LogP contribution in [0.2, 0.25) is 5.02 Å². The Morgan fingerprint density at radius 1 is 1.38 bits per heavy atom. The van der Waals surface area contributed by atoms with Crippen LogP contribution in [0, 0.1) is 0 Å². The lowest BCUT2D eigenvalue weighted by Gasteiger charge is -2.16.